The van der Waals surface area contributed by atoms with Crippen molar-refractivity contribution in [2.75, 3.05) is 5.75 Å². The normalized spacial score (nSPS) is 16.0. The Morgan fingerprint density at radius 1 is 0.950 bits per heavy atom. The average Bonchev–Trinajstić information content (AvgIpc) is 2.50. The second kappa shape index (κ2) is 7.26. The molecule has 0 radical (unpaired) electrons. The number of rotatable bonds is 2. The fourth-order valence-corrected chi connectivity index (χ4v) is 2.56. The number of halogens is 1. The van der Waals surface area contributed by atoms with Gasteiger partial charge in [0.2, 0.25) is 0 Å². The van der Waals surface area contributed by atoms with Crippen molar-refractivity contribution < 1.29 is 17.0 Å². The van der Waals surface area contributed by atoms with Gasteiger partial charge < -0.3 is 17.0 Å². The summed E-state index contributed by atoms with van der Waals surface area (Å²) >= 11 is 1.67. The zero-order valence-electron chi connectivity index (χ0n) is 10.7. The lowest BCUT2D eigenvalue weighted by Crippen LogP contribution is -3.00. The third-order valence-corrected chi connectivity index (χ3v) is 3.60. The van der Waals surface area contributed by atoms with Crippen LogP contribution >= 0.6 is 11.8 Å². The molecule has 0 saturated heterocycles. The predicted octanol–water partition coefficient (Wildman–Crippen LogP) is 0.419. The number of hydrogen-bond donors (Lipinski definition) is 1. The highest BCUT2D eigenvalue weighted by molar-refractivity contribution is 8.14. The fraction of sp³-hybridized carbons (Fsp3) is 0.0667. The number of aliphatic imine (C=N–C) groups is 1. The fourth-order valence-electron chi connectivity index (χ4n) is 1.77. The summed E-state index contributed by atoms with van der Waals surface area (Å²) in [5.74, 6) is 0.836. The van der Waals surface area contributed by atoms with Gasteiger partial charge in [0.15, 0.2) is 5.17 Å². The van der Waals surface area contributed by atoms with E-state index in [4.69, 9.17) is 0 Å². The molecule has 0 aromatic heterocycles. The van der Waals surface area contributed by atoms with Crippen LogP contribution in [0.15, 0.2) is 70.8 Å². The van der Waals surface area contributed by atoms with Crippen LogP contribution in [0.2, 0.25) is 0 Å². The second-order valence-electron chi connectivity index (χ2n) is 4.08. The van der Waals surface area contributed by atoms with Gasteiger partial charge >= 0.3 is 0 Å². The summed E-state index contributed by atoms with van der Waals surface area (Å²) in [6, 6.07) is 20.1. The zero-order valence-corrected chi connectivity index (χ0v) is 13.1. The van der Waals surface area contributed by atoms with E-state index in [2.05, 4.69) is 27.7 Å². The molecular formula is C15H13BrN3S-. The van der Waals surface area contributed by atoms with Crippen molar-refractivity contribution in [1.29, 1.82) is 0 Å². The first-order valence-electron chi connectivity index (χ1n) is 6.06. The molecule has 1 aliphatic heterocycles. The van der Waals surface area contributed by atoms with Gasteiger partial charge in [0.25, 0.3) is 0 Å². The Hall–Kier alpha value is -1.59. The average molecular weight is 347 g/mol. The third kappa shape index (κ3) is 3.71. The molecule has 5 heteroatoms. The van der Waals surface area contributed by atoms with Gasteiger partial charge in [0.1, 0.15) is 0 Å². The van der Waals surface area contributed by atoms with E-state index < -0.39 is 0 Å². The lowest BCUT2D eigenvalue weighted by Gasteiger charge is -2.14. The summed E-state index contributed by atoms with van der Waals surface area (Å²) in [6.45, 7) is 0. The number of amidine groups is 1. The van der Waals surface area contributed by atoms with E-state index in [9.17, 15) is 0 Å². The maximum absolute atomic E-state index is 4.51. The minimum absolute atomic E-state index is 0. The van der Waals surface area contributed by atoms with Crippen molar-refractivity contribution in [2.45, 2.75) is 0 Å². The minimum Gasteiger partial charge on any atom is -1.00 e. The molecule has 0 aliphatic carbocycles. The Morgan fingerprint density at radius 2 is 1.60 bits per heavy atom. The molecule has 20 heavy (non-hydrogen) atoms. The van der Waals surface area contributed by atoms with E-state index in [0.717, 1.165) is 27.9 Å². The Labute approximate surface area is 133 Å². The maximum Gasteiger partial charge on any atom is 0.182 e. The number of nitrogens with zero attached hydrogens (tertiary/aromatic N) is 2. The van der Waals surface area contributed by atoms with Crippen molar-refractivity contribution >= 4 is 28.3 Å². The molecule has 0 spiro atoms. The van der Waals surface area contributed by atoms with Gasteiger partial charge in [-0.2, -0.15) is 5.10 Å². The van der Waals surface area contributed by atoms with E-state index in [1.54, 1.807) is 11.8 Å². The lowest BCUT2D eigenvalue weighted by molar-refractivity contribution is -0.00000376. The topological polar surface area (TPSA) is 36.8 Å². The molecule has 0 atom stereocenters. The van der Waals surface area contributed by atoms with Crippen LogP contribution in [0.5, 0.6) is 0 Å². The molecule has 1 aliphatic rings. The van der Waals surface area contributed by atoms with Gasteiger partial charge in [-0.05, 0) is 17.7 Å². The SMILES string of the molecule is [Br-].c1ccc(N=C2NN=C(c3ccccc3)CS2)cc1. The number of benzene rings is 2. The smallest absolute Gasteiger partial charge is 0.182 e. The number of nitrogens with one attached hydrogen (secondary N) is 1. The largest absolute Gasteiger partial charge is 1.00 e. The van der Waals surface area contributed by atoms with Crippen molar-refractivity contribution in [1.82, 2.24) is 5.43 Å². The Balaban J connectivity index is 0.00000147. The highest BCUT2D eigenvalue weighted by atomic mass is 79.9. The highest BCUT2D eigenvalue weighted by Crippen LogP contribution is 2.17. The summed E-state index contributed by atoms with van der Waals surface area (Å²) in [7, 11) is 0. The summed E-state index contributed by atoms with van der Waals surface area (Å²) in [5.41, 5.74) is 6.16. The lowest BCUT2D eigenvalue weighted by atomic mass is 10.1. The molecule has 3 rings (SSSR count). The van der Waals surface area contributed by atoms with Crippen LogP contribution in [0.4, 0.5) is 5.69 Å². The second-order valence-corrected chi connectivity index (χ2v) is 5.04. The highest BCUT2D eigenvalue weighted by Gasteiger charge is 2.12. The number of hydrazone groups is 1. The molecule has 3 nitrogen and oxygen atoms in total. The maximum atomic E-state index is 4.51. The minimum atomic E-state index is 0. The van der Waals surface area contributed by atoms with Crippen LogP contribution in [-0.4, -0.2) is 16.6 Å². The summed E-state index contributed by atoms with van der Waals surface area (Å²) in [6.07, 6.45) is 0. The van der Waals surface area contributed by atoms with Crippen molar-refractivity contribution in [3.63, 3.8) is 0 Å². The summed E-state index contributed by atoms with van der Waals surface area (Å²) in [4.78, 5) is 4.51. The molecule has 2 aromatic carbocycles. The van der Waals surface area contributed by atoms with E-state index in [0.29, 0.717) is 0 Å². The van der Waals surface area contributed by atoms with Crippen LogP contribution in [0, 0.1) is 0 Å². The van der Waals surface area contributed by atoms with Crippen LogP contribution < -0.4 is 22.4 Å². The molecule has 0 fully saturated rings. The molecule has 2 aromatic rings. The van der Waals surface area contributed by atoms with Gasteiger partial charge in [0, 0.05) is 5.75 Å². The van der Waals surface area contributed by atoms with E-state index in [-0.39, 0.29) is 17.0 Å². The Kier molecular flexibility index (Phi) is 5.38. The van der Waals surface area contributed by atoms with Gasteiger partial charge in [-0.15, -0.1) is 0 Å². The summed E-state index contributed by atoms with van der Waals surface area (Å²) in [5, 5.41) is 5.23. The number of hydrogen-bond acceptors (Lipinski definition) is 3. The molecule has 1 heterocycles. The standard InChI is InChI=1S/C15H13N3S.BrH/c1-3-7-12(8-4-1)14-11-19-15(18-17-14)16-13-9-5-2-6-10-13;/h1-10H,11H2,(H,16,18);1H/p-1. The number of para-hydroxylation sites is 1. The van der Waals surface area contributed by atoms with E-state index in [1.807, 2.05) is 48.5 Å². The molecule has 102 valence electrons. The monoisotopic (exact) mass is 346 g/mol. The predicted molar refractivity (Wildman–Crippen MR) is 82.1 cm³/mol. The Morgan fingerprint density at radius 3 is 2.20 bits per heavy atom. The van der Waals surface area contributed by atoms with Crippen molar-refractivity contribution in [2.24, 2.45) is 10.1 Å². The molecule has 0 saturated carbocycles. The quantitative estimate of drug-likeness (QED) is 0.855. The van der Waals surface area contributed by atoms with Crippen LogP contribution in [0.3, 0.4) is 0 Å². The molecule has 0 amide bonds. The van der Waals surface area contributed by atoms with Gasteiger partial charge in [-0.3, -0.25) is 5.43 Å². The number of thioether (sulfide) groups is 1. The molecule has 0 unspecified atom stereocenters. The first-order chi connectivity index (χ1) is 9.42. The third-order valence-electron chi connectivity index (χ3n) is 2.73. The summed E-state index contributed by atoms with van der Waals surface area (Å²) < 4.78 is 0. The zero-order chi connectivity index (χ0) is 12.9. The van der Waals surface area contributed by atoms with Gasteiger partial charge in [-0.1, -0.05) is 60.3 Å². The first-order valence-corrected chi connectivity index (χ1v) is 7.05. The molecular weight excluding hydrogens is 334 g/mol. The van der Waals surface area contributed by atoms with E-state index >= 15 is 0 Å². The van der Waals surface area contributed by atoms with Gasteiger partial charge in [-0.25, -0.2) is 4.99 Å². The van der Waals surface area contributed by atoms with Crippen LogP contribution in [0.25, 0.3) is 0 Å². The van der Waals surface area contributed by atoms with Crippen LogP contribution in [0.1, 0.15) is 5.56 Å². The van der Waals surface area contributed by atoms with E-state index in [1.165, 1.54) is 0 Å². The first kappa shape index (κ1) is 14.8. The van der Waals surface area contributed by atoms with Crippen LogP contribution in [-0.2, 0) is 0 Å². The molecule has 1 N–H and O–H groups in total. The van der Waals surface area contributed by atoms with Gasteiger partial charge in [0.05, 0.1) is 11.4 Å². The van der Waals surface area contributed by atoms with Crippen molar-refractivity contribution in [3.8, 4) is 0 Å². The van der Waals surface area contributed by atoms with Crippen molar-refractivity contribution in [3.05, 3.63) is 66.2 Å². The molecule has 0 bridgehead atoms. The Bertz CT molecular complexity index is 612.